The first-order valence-electron chi connectivity index (χ1n) is 13.9. The second kappa shape index (κ2) is 19.7. The molecule has 22 heteroatoms. The fourth-order valence-corrected chi connectivity index (χ4v) is 3.74. The second-order valence-electron chi connectivity index (χ2n) is 10.0. The van der Waals surface area contributed by atoms with Crippen LogP contribution in [0.15, 0.2) is 12.5 Å². The van der Waals surface area contributed by atoms with E-state index in [4.69, 9.17) is 22.3 Å². The topological polar surface area (TPSA) is 381 Å². The highest BCUT2D eigenvalue weighted by atomic mass is 16.4. The number of carbonyl (C=O) groups is 9. The van der Waals surface area contributed by atoms with Crippen LogP contribution in [-0.4, -0.2) is 122 Å². The zero-order valence-electron chi connectivity index (χ0n) is 24.9. The van der Waals surface area contributed by atoms with Crippen LogP contribution >= 0.6 is 0 Å². The van der Waals surface area contributed by atoms with E-state index in [1.165, 1.54) is 12.5 Å². The monoisotopic (exact) mass is 670 g/mol. The van der Waals surface area contributed by atoms with E-state index in [0.717, 1.165) is 0 Å². The molecule has 0 fully saturated rings. The minimum atomic E-state index is -1.72. The quantitative estimate of drug-likeness (QED) is 0.0546. The van der Waals surface area contributed by atoms with Gasteiger partial charge in [0.2, 0.25) is 41.4 Å². The maximum Gasteiger partial charge on any atom is 0.326 e. The summed E-state index contributed by atoms with van der Waals surface area (Å²) in [5.74, 6) is -9.74. The number of nitrogens with two attached hydrogens (primary N) is 3. The number of primary amides is 2. The van der Waals surface area contributed by atoms with Gasteiger partial charge in [-0.2, -0.15) is 0 Å². The van der Waals surface area contributed by atoms with Crippen molar-refractivity contribution >= 4 is 53.3 Å². The number of carbonyl (C=O) groups excluding carboxylic acids is 7. The minimum absolute atomic E-state index is 0.249. The fraction of sp³-hybridized carbons (Fsp3) is 0.520. The summed E-state index contributed by atoms with van der Waals surface area (Å²) in [5, 5.41) is 38.5. The largest absolute Gasteiger partial charge is 0.481 e. The van der Waals surface area contributed by atoms with Crippen molar-refractivity contribution in [3.63, 3.8) is 0 Å². The van der Waals surface area contributed by atoms with Crippen LogP contribution in [0, 0.1) is 0 Å². The lowest BCUT2D eigenvalue weighted by Crippen LogP contribution is -2.58. The number of aliphatic carboxylic acids is 2. The number of rotatable bonds is 22. The van der Waals surface area contributed by atoms with Crippen molar-refractivity contribution in [2.75, 3.05) is 13.2 Å². The summed E-state index contributed by atoms with van der Waals surface area (Å²) < 4.78 is 0. The minimum Gasteiger partial charge on any atom is -0.481 e. The number of imidazole rings is 1. The molecule has 1 aromatic heterocycles. The number of nitrogens with one attached hydrogen (secondary N) is 6. The Morgan fingerprint density at radius 3 is 1.91 bits per heavy atom. The third-order valence-electron chi connectivity index (χ3n) is 6.21. The van der Waals surface area contributed by atoms with Crippen molar-refractivity contribution in [2.24, 2.45) is 17.2 Å². The van der Waals surface area contributed by atoms with E-state index in [1.54, 1.807) is 0 Å². The van der Waals surface area contributed by atoms with Crippen molar-refractivity contribution in [2.45, 2.75) is 68.7 Å². The lowest BCUT2D eigenvalue weighted by Gasteiger charge is -2.24. The summed E-state index contributed by atoms with van der Waals surface area (Å²) in [4.78, 5) is 115. The molecule has 0 radical (unpaired) electrons. The molecule has 0 saturated carbocycles. The molecule has 1 aromatic rings. The molecule has 0 spiro atoms. The number of aliphatic hydroxyl groups is 1. The third kappa shape index (κ3) is 15.3. The Kier molecular flexibility index (Phi) is 16.5. The number of aromatic nitrogens is 2. The van der Waals surface area contributed by atoms with Crippen LogP contribution < -0.4 is 43.8 Å². The maximum atomic E-state index is 13.2. The standard InChI is InChI=1S/C25H38N10O12/c26-12(1-4-20(40)41)21(42)35-16(9-36)22(43)30-8-19(39)32-14(5-11-7-29-10-31-11)23(44)34-15(6-18(28)38)24(45)33-13(25(46)47)2-3-17(27)37/h7,10,12-16,36H,1-6,8-9,26H2,(H2,27,37)(H2,28,38)(H,29,31)(H,30,43)(H,32,39)(H,33,45)(H,34,44)(H,35,42)(H,40,41)(H,46,47)/t12-,13-,14-,15-,16-/m0/s1. The van der Waals surface area contributed by atoms with Crippen LogP contribution in [-0.2, 0) is 49.6 Å². The van der Waals surface area contributed by atoms with Crippen molar-refractivity contribution in [3.8, 4) is 0 Å². The second-order valence-corrected chi connectivity index (χ2v) is 10.0. The Hall–Kier alpha value is -5.64. The molecule has 47 heavy (non-hydrogen) atoms. The number of hydrogen-bond donors (Lipinski definition) is 12. The van der Waals surface area contributed by atoms with Crippen LogP contribution in [0.4, 0.5) is 0 Å². The lowest BCUT2D eigenvalue weighted by atomic mass is 10.1. The smallest absolute Gasteiger partial charge is 0.326 e. The summed E-state index contributed by atoms with van der Waals surface area (Å²) in [6.45, 7) is -1.70. The summed E-state index contributed by atoms with van der Waals surface area (Å²) in [6, 6.07) is -7.68. The molecule has 15 N–H and O–H groups in total. The Bertz CT molecular complexity index is 1310. The van der Waals surface area contributed by atoms with E-state index in [1.807, 2.05) is 0 Å². The molecule has 22 nitrogen and oxygen atoms in total. The zero-order chi connectivity index (χ0) is 35.7. The first-order chi connectivity index (χ1) is 22.0. The maximum absolute atomic E-state index is 13.2. The number of aromatic amines is 1. The number of aliphatic hydroxyl groups excluding tert-OH is 1. The number of H-pyrrole nitrogens is 1. The van der Waals surface area contributed by atoms with Gasteiger partial charge in [-0.3, -0.25) is 38.4 Å². The lowest BCUT2D eigenvalue weighted by molar-refractivity contribution is -0.143. The van der Waals surface area contributed by atoms with E-state index in [2.05, 4.69) is 36.6 Å². The van der Waals surface area contributed by atoms with E-state index in [-0.39, 0.29) is 12.8 Å². The molecule has 0 aliphatic carbocycles. The van der Waals surface area contributed by atoms with Gasteiger partial charge in [-0.25, -0.2) is 9.78 Å². The van der Waals surface area contributed by atoms with Gasteiger partial charge in [-0.15, -0.1) is 0 Å². The first-order valence-corrected chi connectivity index (χ1v) is 13.9. The normalized spacial score (nSPS) is 13.8. The molecule has 0 aliphatic heterocycles. The van der Waals surface area contributed by atoms with E-state index in [0.29, 0.717) is 5.69 Å². The summed E-state index contributed by atoms with van der Waals surface area (Å²) in [5.41, 5.74) is 16.1. The van der Waals surface area contributed by atoms with Crippen molar-refractivity contribution in [1.82, 2.24) is 36.6 Å². The molecule has 1 rings (SSSR count). The van der Waals surface area contributed by atoms with Gasteiger partial charge in [-0.05, 0) is 12.8 Å². The molecule has 5 atom stereocenters. The van der Waals surface area contributed by atoms with Crippen molar-refractivity contribution in [1.29, 1.82) is 0 Å². The Morgan fingerprint density at radius 2 is 1.38 bits per heavy atom. The SMILES string of the molecule is NC(=O)CC[C@H](NC(=O)[C@H](CC(N)=O)NC(=O)[C@H](Cc1cnc[nH]1)NC(=O)CNC(=O)[C@H](CO)NC(=O)[C@@H](N)CCC(=O)O)C(=O)O. The van der Waals surface area contributed by atoms with Gasteiger partial charge < -0.3 is 64.1 Å². The van der Waals surface area contributed by atoms with Gasteiger partial charge in [-0.1, -0.05) is 0 Å². The van der Waals surface area contributed by atoms with Crippen molar-refractivity contribution in [3.05, 3.63) is 18.2 Å². The highest BCUT2D eigenvalue weighted by Crippen LogP contribution is 2.04. The van der Waals surface area contributed by atoms with E-state index in [9.17, 15) is 53.4 Å². The van der Waals surface area contributed by atoms with Crippen LogP contribution in [0.5, 0.6) is 0 Å². The highest BCUT2D eigenvalue weighted by Gasteiger charge is 2.31. The van der Waals surface area contributed by atoms with E-state index < -0.39 is 122 Å². The first kappa shape index (κ1) is 39.4. The average Bonchev–Trinajstić information content (AvgIpc) is 3.51. The summed E-state index contributed by atoms with van der Waals surface area (Å²) in [7, 11) is 0. The molecule has 0 unspecified atom stereocenters. The molecule has 7 amide bonds. The number of hydrogen-bond acceptors (Lipinski definition) is 12. The van der Waals surface area contributed by atoms with Crippen LogP contribution in [0.3, 0.4) is 0 Å². The number of carboxylic acid groups (broad SMARTS) is 2. The Morgan fingerprint density at radius 1 is 0.766 bits per heavy atom. The van der Waals surface area contributed by atoms with Gasteiger partial charge >= 0.3 is 11.9 Å². The summed E-state index contributed by atoms with van der Waals surface area (Å²) in [6.07, 6.45) is 0.0801. The predicted octanol–water partition coefficient (Wildman–Crippen LogP) is -6.58. The van der Waals surface area contributed by atoms with Gasteiger partial charge in [0.05, 0.1) is 31.9 Å². The molecule has 0 bridgehead atoms. The summed E-state index contributed by atoms with van der Waals surface area (Å²) >= 11 is 0. The van der Waals surface area contributed by atoms with Crippen LogP contribution in [0.2, 0.25) is 0 Å². The Labute approximate surface area is 265 Å². The number of carboxylic acids is 2. The molecule has 0 saturated heterocycles. The molecule has 260 valence electrons. The van der Waals surface area contributed by atoms with Crippen LogP contribution in [0.25, 0.3) is 0 Å². The molecule has 0 aromatic carbocycles. The molecule has 0 aliphatic rings. The third-order valence-corrected chi connectivity index (χ3v) is 6.21. The number of nitrogens with zero attached hydrogens (tertiary/aromatic N) is 1. The fourth-order valence-electron chi connectivity index (χ4n) is 3.74. The highest BCUT2D eigenvalue weighted by molar-refractivity contribution is 5.97. The molecular weight excluding hydrogens is 632 g/mol. The van der Waals surface area contributed by atoms with Gasteiger partial charge in [0, 0.05) is 31.2 Å². The molecule has 1 heterocycles. The van der Waals surface area contributed by atoms with Gasteiger partial charge in [0.15, 0.2) is 0 Å². The number of amides is 7. The van der Waals surface area contributed by atoms with Crippen molar-refractivity contribution < 1.29 is 58.5 Å². The average molecular weight is 671 g/mol. The van der Waals surface area contributed by atoms with Gasteiger partial charge in [0.1, 0.15) is 24.2 Å². The predicted molar refractivity (Wildman–Crippen MR) is 155 cm³/mol. The van der Waals surface area contributed by atoms with Crippen LogP contribution in [0.1, 0.15) is 37.8 Å². The van der Waals surface area contributed by atoms with E-state index >= 15 is 0 Å². The Balaban J connectivity index is 2.97. The molecular formula is C25H38N10O12. The zero-order valence-corrected chi connectivity index (χ0v) is 24.9. The van der Waals surface area contributed by atoms with Gasteiger partial charge in [0.25, 0.3) is 0 Å².